The molecule has 0 radical (unpaired) electrons. The number of carbonyl (C=O) groups is 4. The van der Waals surface area contributed by atoms with Crippen molar-refractivity contribution in [1.29, 1.82) is 0 Å². The van der Waals surface area contributed by atoms with Crippen LogP contribution in [0, 0.1) is 6.92 Å². The Balaban J connectivity index is 0.000000302. The van der Waals surface area contributed by atoms with E-state index in [1.54, 1.807) is 24.8 Å². The summed E-state index contributed by atoms with van der Waals surface area (Å²) >= 11 is 0. The molecular formula is C24H29F3N6O8. The smallest absolute Gasteiger partial charge is 0.410 e. The maximum Gasteiger partial charge on any atom is 0.410 e. The molecule has 2 aliphatic rings. The summed E-state index contributed by atoms with van der Waals surface area (Å²) in [7, 11) is 0. The molecule has 0 bridgehead atoms. The van der Waals surface area contributed by atoms with Gasteiger partial charge >= 0.3 is 24.1 Å². The van der Waals surface area contributed by atoms with Crippen molar-refractivity contribution in [2.24, 2.45) is 0 Å². The fraction of sp³-hybridized carbons (Fsp3) is 0.542. The number of aliphatic hydroxyl groups is 1. The van der Waals surface area contributed by atoms with E-state index in [1.807, 2.05) is 0 Å². The van der Waals surface area contributed by atoms with E-state index < -0.39 is 48.6 Å². The number of carboxylic acids is 3. The average Bonchev–Trinajstić information content (AvgIpc) is 3.49. The molecule has 224 valence electrons. The highest BCUT2D eigenvalue weighted by atomic mass is 19.4. The number of carbonyl (C=O) groups excluding carboxylic acids is 1. The normalized spacial score (nSPS) is 20.3. The van der Waals surface area contributed by atoms with Crippen LogP contribution in [0.2, 0.25) is 0 Å². The van der Waals surface area contributed by atoms with Gasteiger partial charge in [-0.1, -0.05) is 0 Å². The fourth-order valence-corrected chi connectivity index (χ4v) is 4.62. The first-order valence-electron chi connectivity index (χ1n) is 12.4. The van der Waals surface area contributed by atoms with Crippen LogP contribution in [-0.4, -0.2) is 93.3 Å². The lowest BCUT2D eigenvalue weighted by Gasteiger charge is -2.31. The summed E-state index contributed by atoms with van der Waals surface area (Å²) < 4.78 is 41.4. The first-order valence-corrected chi connectivity index (χ1v) is 12.4. The third-order valence-electron chi connectivity index (χ3n) is 6.54. The number of fused-ring (bicyclic) bond motifs is 1. The van der Waals surface area contributed by atoms with Gasteiger partial charge in [0.2, 0.25) is 0 Å². The molecule has 0 saturated carbocycles. The molecule has 2 aromatic rings. The SMILES string of the molecule is Cc1cnc(C(=O)N2CCCC2c2cc3n(n2)[C@@H](C(F)(F)F)C[C@@H](C)N3)cn1.O=C(O)CC(O)(CC(=O)O)C(=O)O. The maximum absolute atomic E-state index is 13.5. The number of aromatic nitrogens is 4. The Morgan fingerprint density at radius 3 is 2.22 bits per heavy atom. The van der Waals surface area contributed by atoms with E-state index in [9.17, 15) is 32.3 Å². The van der Waals surface area contributed by atoms with Gasteiger partial charge in [0.05, 0.1) is 36.5 Å². The van der Waals surface area contributed by atoms with Gasteiger partial charge in [-0.05, 0) is 33.1 Å². The minimum atomic E-state index is -4.38. The van der Waals surface area contributed by atoms with Gasteiger partial charge in [-0.3, -0.25) is 19.4 Å². The Hall–Kier alpha value is -4.28. The number of nitrogens with zero attached hydrogens (tertiary/aromatic N) is 5. The Morgan fingerprint density at radius 2 is 1.71 bits per heavy atom. The van der Waals surface area contributed by atoms with Gasteiger partial charge in [-0.2, -0.15) is 18.3 Å². The highest BCUT2D eigenvalue weighted by Gasteiger charge is 2.46. The largest absolute Gasteiger partial charge is 0.481 e. The monoisotopic (exact) mass is 586 g/mol. The number of anilines is 1. The summed E-state index contributed by atoms with van der Waals surface area (Å²) in [5.41, 5.74) is -1.34. The Bertz CT molecular complexity index is 1280. The van der Waals surface area contributed by atoms with Crippen molar-refractivity contribution in [3.8, 4) is 0 Å². The minimum Gasteiger partial charge on any atom is -0.481 e. The molecule has 14 nitrogen and oxygen atoms in total. The molecular weight excluding hydrogens is 557 g/mol. The van der Waals surface area contributed by atoms with E-state index in [4.69, 9.17) is 20.4 Å². The zero-order chi connectivity index (χ0) is 30.7. The standard InChI is InChI=1S/C18H21F3N6O.C6H8O7/c1-10-6-15(18(19,20)21)27-16(24-10)7-12(25-27)14-4-3-5-26(14)17(28)13-9-22-11(2)8-23-13;7-3(8)1-6(13,5(11)12)2-4(9)10/h7-10,14-15,24H,3-6H2,1-2H3;13H,1-2H2,(H,7,8)(H,9,10)(H,11,12)/t10-,14?,15-;/m1./s1. The molecule has 4 heterocycles. The van der Waals surface area contributed by atoms with Crippen LogP contribution in [-0.2, 0) is 14.4 Å². The molecule has 4 rings (SSSR count). The van der Waals surface area contributed by atoms with E-state index in [1.165, 1.54) is 12.4 Å². The van der Waals surface area contributed by atoms with Crippen LogP contribution in [0.1, 0.15) is 73.0 Å². The molecule has 17 heteroatoms. The lowest BCUT2D eigenvalue weighted by Crippen LogP contribution is -2.42. The molecule has 3 atom stereocenters. The van der Waals surface area contributed by atoms with Crippen LogP contribution in [0.4, 0.5) is 19.0 Å². The van der Waals surface area contributed by atoms with Crippen LogP contribution in [0.25, 0.3) is 0 Å². The first-order chi connectivity index (χ1) is 19.0. The summed E-state index contributed by atoms with van der Waals surface area (Å²) in [5.74, 6) is -4.96. The molecule has 1 fully saturated rings. The van der Waals surface area contributed by atoms with Gasteiger partial charge in [0, 0.05) is 24.8 Å². The highest BCUT2D eigenvalue weighted by molar-refractivity contribution is 5.92. The van der Waals surface area contributed by atoms with Gasteiger partial charge in [0.15, 0.2) is 11.6 Å². The second kappa shape index (κ2) is 12.1. The Morgan fingerprint density at radius 1 is 1.07 bits per heavy atom. The fourth-order valence-electron chi connectivity index (χ4n) is 4.62. The Labute approximate surface area is 230 Å². The molecule has 41 heavy (non-hydrogen) atoms. The molecule has 1 amide bonds. The number of aryl methyl sites for hydroxylation is 1. The summed E-state index contributed by atoms with van der Waals surface area (Å²) in [6.07, 6.45) is -2.40. The predicted molar refractivity (Wildman–Crippen MR) is 132 cm³/mol. The third kappa shape index (κ3) is 7.47. The maximum atomic E-state index is 13.5. The van der Waals surface area contributed by atoms with E-state index in [-0.39, 0.29) is 30.1 Å². The van der Waals surface area contributed by atoms with Gasteiger partial charge < -0.3 is 30.6 Å². The van der Waals surface area contributed by atoms with Crippen LogP contribution in [0.5, 0.6) is 0 Å². The van der Waals surface area contributed by atoms with Crippen molar-refractivity contribution in [3.05, 3.63) is 35.5 Å². The number of carboxylic acid groups (broad SMARTS) is 3. The zero-order valence-corrected chi connectivity index (χ0v) is 22.0. The van der Waals surface area contributed by atoms with E-state index >= 15 is 0 Å². The molecule has 1 saturated heterocycles. The van der Waals surface area contributed by atoms with Crippen molar-refractivity contribution < 1.29 is 52.8 Å². The lowest BCUT2D eigenvalue weighted by atomic mass is 9.96. The van der Waals surface area contributed by atoms with Crippen LogP contribution < -0.4 is 5.32 Å². The van der Waals surface area contributed by atoms with Crippen LogP contribution in [0.15, 0.2) is 18.5 Å². The highest BCUT2D eigenvalue weighted by Crippen LogP contribution is 2.41. The summed E-state index contributed by atoms with van der Waals surface area (Å²) in [5, 5.41) is 41.1. The number of hydrogen-bond donors (Lipinski definition) is 5. The quantitative estimate of drug-likeness (QED) is 0.316. The minimum absolute atomic E-state index is 0.0795. The van der Waals surface area contributed by atoms with Gasteiger partial charge in [0.25, 0.3) is 5.91 Å². The molecule has 0 spiro atoms. The zero-order valence-electron chi connectivity index (χ0n) is 22.0. The molecule has 2 aliphatic heterocycles. The molecule has 5 N–H and O–H groups in total. The topological polar surface area (TPSA) is 208 Å². The average molecular weight is 587 g/mol. The number of alkyl halides is 3. The van der Waals surface area contributed by atoms with Gasteiger partial charge in [0.1, 0.15) is 11.5 Å². The van der Waals surface area contributed by atoms with Crippen molar-refractivity contribution >= 4 is 29.6 Å². The number of likely N-dealkylation sites (tertiary alicyclic amines) is 1. The van der Waals surface area contributed by atoms with E-state index in [2.05, 4.69) is 20.4 Å². The van der Waals surface area contributed by atoms with E-state index in [0.29, 0.717) is 30.2 Å². The molecule has 0 aliphatic carbocycles. The number of nitrogens with one attached hydrogen (secondary N) is 1. The Kier molecular flexibility index (Phi) is 9.20. The number of halogens is 3. The molecule has 0 aromatic carbocycles. The second-order valence-corrected chi connectivity index (χ2v) is 9.91. The van der Waals surface area contributed by atoms with Crippen molar-refractivity contribution in [2.45, 2.75) is 75.9 Å². The molecule has 2 aromatic heterocycles. The van der Waals surface area contributed by atoms with Crippen molar-refractivity contribution in [3.63, 3.8) is 0 Å². The number of aliphatic carboxylic acids is 3. The summed E-state index contributed by atoms with van der Waals surface area (Å²) in [4.78, 5) is 53.2. The number of amides is 1. The molecule has 1 unspecified atom stereocenters. The van der Waals surface area contributed by atoms with E-state index in [0.717, 1.165) is 11.1 Å². The summed E-state index contributed by atoms with van der Waals surface area (Å²) in [6.45, 7) is 4.00. The number of hydrogen-bond acceptors (Lipinski definition) is 9. The first kappa shape index (κ1) is 31.3. The number of rotatable bonds is 7. The lowest BCUT2D eigenvalue weighted by molar-refractivity contribution is -0.173. The second-order valence-electron chi connectivity index (χ2n) is 9.91. The summed E-state index contributed by atoms with van der Waals surface area (Å²) in [6, 6.07) is -0.723. The predicted octanol–water partition coefficient (Wildman–Crippen LogP) is 2.02. The van der Waals surface area contributed by atoms with Crippen LogP contribution in [0.3, 0.4) is 0 Å². The van der Waals surface area contributed by atoms with Gasteiger partial charge in [-0.25, -0.2) is 14.5 Å². The van der Waals surface area contributed by atoms with Gasteiger partial charge in [-0.15, -0.1) is 0 Å². The van der Waals surface area contributed by atoms with Crippen molar-refractivity contribution in [2.75, 3.05) is 11.9 Å². The van der Waals surface area contributed by atoms with Crippen molar-refractivity contribution in [1.82, 2.24) is 24.6 Å². The third-order valence-corrected chi connectivity index (χ3v) is 6.54. The van der Waals surface area contributed by atoms with Crippen LogP contribution >= 0.6 is 0 Å².